The molecule has 0 spiro atoms. The highest BCUT2D eigenvalue weighted by Crippen LogP contribution is 2.38. The maximum Gasteiger partial charge on any atom is 0.573 e. The van der Waals surface area contributed by atoms with E-state index >= 15 is 0 Å². The summed E-state index contributed by atoms with van der Waals surface area (Å²) in [4.78, 5) is 0. The van der Waals surface area contributed by atoms with Gasteiger partial charge >= 0.3 is 6.36 Å². The van der Waals surface area contributed by atoms with Crippen LogP contribution in [0.15, 0.2) is 42.5 Å². The molecule has 1 heterocycles. The third-order valence-electron chi connectivity index (χ3n) is 3.05. The number of rotatable bonds is 2. The molecule has 0 radical (unpaired) electrons. The van der Waals surface area contributed by atoms with E-state index in [2.05, 4.69) is 10.2 Å². The Labute approximate surface area is 123 Å². The second-order valence-corrected chi connectivity index (χ2v) is 4.87. The fourth-order valence-electron chi connectivity index (χ4n) is 2.20. The van der Waals surface area contributed by atoms with Crippen LogP contribution in [-0.2, 0) is 6.54 Å². The molecule has 0 fully saturated rings. The van der Waals surface area contributed by atoms with Gasteiger partial charge in [-0.25, -0.2) is 5.43 Å². The van der Waals surface area contributed by atoms with Crippen molar-refractivity contribution in [1.82, 2.24) is 5.43 Å². The van der Waals surface area contributed by atoms with Gasteiger partial charge in [0.2, 0.25) is 0 Å². The summed E-state index contributed by atoms with van der Waals surface area (Å²) in [6.07, 6.45) is -4.71. The first-order valence-corrected chi connectivity index (χ1v) is 6.49. The van der Waals surface area contributed by atoms with Crippen LogP contribution in [0.5, 0.6) is 5.75 Å². The number of hydrazine groups is 1. The lowest BCUT2D eigenvalue weighted by atomic mass is 10.2. The molecule has 21 heavy (non-hydrogen) atoms. The van der Waals surface area contributed by atoms with Gasteiger partial charge in [-0.1, -0.05) is 29.8 Å². The van der Waals surface area contributed by atoms with Crippen molar-refractivity contribution in [2.75, 3.05) is 5.01 Å². The second kappa shape index (κ2) is 5.13. The number of ether oxygens (including phenoxy) is 1. The van der Waals surface area contributed by atoms with E-state index in [4.69, 9.17) is 11.6 Å². The summed E-state index contributed by atoms with van der Waals surface area (Å²) in [5.74, 6) is -0.262. The lowest BCUT2D eigenvalue weighted by molar-refractivity contribution is -0.274. The Morgan fingerprint density at radius 3 is 2.57 bits per heavy atom. The molecule has 3 nitrogen and oxygen atoms in total. The number of fused-ring (bicyclic) bond motifs is 1. The van der Waals surface area contributed by atoms with Crippen LogP contribution in [0, 0.1) is 0 Å². The van der Waals surface area contributed by atoms with E-state index < -0.39 is 6.36 Å². The standard InChI is InChI=1S/C14H10ClF3N2O/c15-11-3-1-2-4-12(11)20-13-7-10(21-14(16,17)18)6-5-9(13)8-19-20/h1-7,19H,8H2. The van der Waals surface area contributed by atoms with Crippen LogP contribution in [-0.4, -0.2) is 6.36 Å². The number of para-hydroxylation sites is 1. The minimum Gasteiger partial charge on any atom is -0.406 e. The first-order chi connectivity index (χ1) is 9.94. The van der Waals surface area contributed by atoms with Crippen LogP contribution < -0.4 is 15.2 Å². The molecule has 2 aromatic carbocycles. The molecule has 0 saturated carbocycles. The molecule has 0 aromatic heterocycles. The minimum atomic E-state index is -4.71. The number of anilines is 2. The normalized spacial score (nSPS) is 14.2. The highest BCUT2D eigenvalue weighted by Gasteiger charge is 2.32. The van der Waals surface area contributed by atoms with E-state index in [9.17, 15) is 13.2 Å². The van der Waals surface area contributed by atoms with E-state index in [0.29, 0.717) is 22.9 Å². The van der Waals surface area contributed by atoms with Gasteiger partial charge in [0, 0.05) is 12.6 Å². The maximum atomic E-state index is 12.3. The number of halogens is 4. The first kappa shape index (κ1) is 14.0. The Bertz CT molecular complexity index is 676. The number of nitrogens with zero attached hydrogens (tertiary/aromatic N) is 1. The van der Waals surface area contributed by atoms with E-state index in [1.165, 1.54) is 12.1 Å². The zero-order chi connectivity index (χ0) is 15.0. The van der Waals surface area contributed by atoms with Gasteiger partial charge in [-0.3, -0.25) is 5.01 Å². The maximum absolute atomic E-state index is 12.3. The van der Waals surface area contributed by atoms with Crippen molar-refractivity contribution in [2.45, 2.75) is 12.9 Å². The third kappa shape index (κ3) is 2.91. The number of nitrogens with one attached hydrogen (secondary N) is 1. The number of alkyl halides is 3. The SMILES string of the molecule is FC(F)(F)Oc1ccc2c(c1)N(c1ccccc1Cl)NC2. The number of hydrogen-bond acceptors (Lipinski definition) is 3. The van der Waals surface area contributed by atoms with Gasteiger partial charge in [-0.15, -0.1) is 13.2 Å². The van der Waals surface area contributed by atoms with Crippen LogP contribution in [0.2, 0.25) is 5.02 Å². The lowest BCUT2D eigenvalue weighted by Gasteiger charge is -2.21. The Kier molecular flexibility index (Phi) is 3.43. The summed E-state index contributed by atoms with van der Waals surface area (Å²) in [5.41, 5.74) is 5.20. The lowest BCUT2D eigenvalue weighted by Crippen LogP contribution is -2.26. The zero-order valence-corrected chi connectivity index (χ0v) is 11.4. The van der Waals surface area contributed by atoms with Gasteiger partial charge in [-0.2, -0.15) is 0 Å². The van der Waals surface area contributed by atoms with Gasteiger partial charge in [0.1, 0.15) is 5.75 Å². The molecule has 0 unspecified atom stereocenters. The summed E-state index contributed by atoms with van der Waals surface area (Å²) >= 11 is 6.12. The third-order valence-corrected chi connectivity index (χ3v) is 3.37. The first-order valence-electron chi connectivity index (χ1n) is 6.11. The molecule has 1 N–H and O–H groups in total. The van der Waals surface area contributed by atoms with E-state index in [1.54, 1.807) is 35.3 Å². The second-order valence-electron chi connectivity index (χ2n) is 4.46. The van der Waals surface area contributed by atoms with E-state index in [-0.39, 0.29) is 5.75 Å². The van der Waals surface area contributed by atoms with Crippen molar-refractivity contribution in [1.29, 1.82) is 0 Å². The molecule has 0 bridgehead atoms. The Balaban J connectivity index is 1.97. The van der Waals surface area contributed by atoms with Gasteiger partial charge in [0.15, 0.2) is 0 Å². The van der Waals surface area contributed by atoms with Crippen LogP contribution in [0.3, 0.4) is 0 Å². The van der Waals surface area contributed by atoms with Crippen LogP contribution in [0.4, 0.5) is 24.5 Å². The zero-order valence-electron chi connectivity index (χ0n) is 10.6. The summed E-state index contributed by atoms with van der Waals surface area (Å²) in [6, 6.07) is 11.3. The summed E-state index contributed by atoms with van der Waals surface area (Å²) < 4.78 is 40.9. The summed E-state index contributed by atoms with van der Waals surface area (Å²) in [5, 5.41) is 2.15. The van der Waals surface area contributed by atoms with Crippen LogP contribution in [0.1, 0.15) is 5.56 Å². The number of hydrogen-bond donors (Lipinski definition) is 1. The van der Waals surface area contributed by atoms with Gasteiger partial charge in [0.25, 0.3) is 0 Å². The molecule has 0 amide bonds. The molecule has 1 aliphatic rings. The quantitative estimate of drug-likeness (QED) is 0.889. The molecule has 0 atom stereocenters. The van der Waals surface area contributed by atoms with Crippen molar-refractivity contribution < 1.29 is 17.9 Å². The Morgan fingerprint density at radius 2 is 1.86 bits per heavy atom. The molecule has 110 valence electrons. The van der Waals surface area contributed by atoms with Gasteiger partial charge < -0.3 is 4.74 Å². The average Bonchev–Trinajstić information content (AvgIpc) is 2.80. The van der Waals surface area contributed by atoms with Crippen molar-refractivity contribution in [3.8, 4) is 5.75 Å². The number of benzene rings is 2. The summed E-state index contributed by atoms with van der Waals surface area (Å²) in [7, 11) is 0. The molecule has 3 rings (SSSR count). The molecule has 2 aromatic rings. The molecule has 0 aliphatic carbocycles. The average molecular weight is 315 g/mol. The predicted octanol–water partition coefficient (Wildman–Crippen LogP) is 4.39. The highest BCUT2D eigenvalue weighted by atomic mass is 35.5. The fourth-order valence-corrected chi connectivity index (χ4v) is 2.42. The van der Waals surface area contributed by atoms with Crippen molar-refractivity contribution in [3.05, 3.63) is 53.1 Å². The smallest absolute Gasteiger partial charge is 0.406 e. The minimum absolute atomic E-state index is 0.262. The highest BCUT2D eigenvalue weighted by molar-refractivity contribution is 6.33. The van der Waals surface area contributed by atoms with Gasteiger partial charge in [-0.05, 0) is 23.8 Å². The molecular formula is C14H10ClF3N2O. The Hall–Kier alpha value is -1.92. The molecule has 0 saturated heterocycles. The van der Waals surface area contributed by atoms with Crippen molar-refractivity contribution >= 4 is 23.0 Å². The molecule has 1 aliphatic heterocycles. The van der Waals surface area contributed by atoms with Crippen molar-refractivity contribution in [3.63, 3.8) is 0 Å². The van der Waals surface area contributed by atoms with Gasteiger partial charge in [0.05, 0.1) is 16.4 Å². The fraction of sp³-hybridized carbons (Fsp3) is 0.143. The summed E-state index contributed by atoms with van der Waals surface area (Å²) in [6.45, 7) is 0.507. The van der Waals surface area contributed by atoms with E-state index in [0.717, 1.165) is 5.56 Å². The van der Waals surface area contributed by atoms with Crippen LogP contribution >= 0.6 is 11.6 Å². The molecule has 7 heteroatoms. The van der Waals surface area contributed by atoms with Crippen LogP contribution in [0.25, 0.3) is 0 Å². The van der Waals surface area contributed by atoms with Crippen molar-refractivity contribution in [2.24, 2.45) is 0 Å². The molecular weight excluding hydrogens is 305 g/mol. The monoisotopic (exact) mass is 314 g/mol. The van der Waals surface area contributed by atoms with E-state index in [1.807, 2.05) is 0 Å². The predicted molar refractivity (Wildman–Crippen MR) is 73.6 cm³/mol. The largest absolute Gasteiger partial charge is 0.573 e. The topological polar surface area (TPSA) is 24.5 Å². The Morgan fingerprint density at radius 1 is 1.10 bits per heavy atom.